The lowest BCUT2D eigenvalue weighted by molar-refractivity contribution is -0.118. The van der Waals surface area contributed by atoms with Gasteiger partial charge in [-0.05, 0) is 94.1 Å². The number of para-hydroxylation sites is 1. The first-order chi connectivity index (χ1) is 24.8. The van der Waals surface area contributed by atoms with E-state index in [1.165, 1.54) is 0 Å². The van der Waals surface area contributed by atoms with Crippen LogP contribution in [-0.4, -0.2) is 91.6 Å². The summed E-state index contributed by atoms with van der Waals surface area (Å²) in [5.41, 5.74) is -1.14. The van der Waals surface area contributed by atoms with Crippen LogP contribution in [0.15, 0.2) is 34.3 Å². The summed E-state index contributed by atoms with van der Waals surface area (Å²) in [5.74, 6) is 1.02. The molecule has 0 heterocycles. The minimum absolute atomic E-state index is 0.0152. The van der Waals surface area contributed by atoms with Crippen LogP contribution < -0.4 is 26.0 Å². The van der Waals surface area contributed by atoms with Crippen LogP contribution in [0, 0.1) is 0 Å². The number of carbonyl (C=O) groups is 4. The number of rotatable bonds is 18. The molecule has 0 aromatic heterocycles. The molecule has 53 heavy (non-hydrogen) atoms. The highest BCUT2D eigenvalue weighted by molar-refractivity contribution is 5.98. The Balaban J connectivity index is 2.35. The normalized spacial score (nSPS) is 12.3. The van der Waals surface area contributed by atoms with Gasteiger partial charge in [-0.15, -0.1) is 9.98 Å². The smallest absolute Gasteiger partial charge is 0.437 e. The molecule has 1 aromatic rings. The number of benzene rings is 1. The Morgan fingerprint density at radius 3 is 1.79 bits per heavy atom. The maximum absolute atomic E-state index is 12.2. The molecule has 0 bridgehead atoms. The molecule has 0 aliphatic carbocycles. The molecule has 0 unspecified atom stereocenters. The molecule has 0 saturated heterocycles. The third-order valence-electron chi connectivity index (χ3n) is 6.88. The lowest BCUT2D eigenvalue weighted by atomic mass is 10.1. The van der Waals surface area contributed by atoms with E-state index in [0.717, 1.165) is 69.1 Å². The molecule has 0 aliphatic heterocycles. The fourth-order valence-electron chi connectivity index (χ4n) is 4.59. The van der Waals surface area contributed by atoms with Gasteiger partial charge in [0.15, 0.2) is 0 Å². The van der Waals surface area contributed by atoms with Crippen molar-refractivity contribution in [2.24, 2.45) is 9.98 Å². The monoisotopic (exact) mass is 747 g/mol. The van der Waals surface area contributed by atoms with Crippen molar-refractivity contribution < 1.29 is 38.1 Å². The van der Waals surface area contributed by atoms with Crippen LogP contribution in [0.25, 0.3) is 0 Å². The number of hydrogen-bond acceptors (Lipinski definition) is 8. The predicted molar refractivity (Wildman–Crippen MR) is 207 cm³/mol. The van der Waals surface area contributed by atoms with Gasteiger partial charge in [-0.2, -0.15) is 0 Å². The molecule has 15 nitrogen and oxygen atoms in total. The zero-order valence-electron chi connectivity index (χ0n) is 33.7. The number of aliphatic imine (C=N–C) groups is 2. The van der Waals surface area contributed by atoms with Gasteiger partial charge in [0.1, 0.15) is 22.6 Å². The number of carbonyl (C=O) groups excluding carboxylic acids is 4. The van der Waals surface area contributed by atoms with Gasteiger partial charge in [-0.1, -0.05) is 43.9 Å². The highest BCUT2D eigenvalue weighted by Gasteiger charge is 2.20. The average Bonchev–Trinajstić information content (AvgIpc) is 3.02. The highest BCUT2D eigenvalue weighted by atomic mass is 16.6. The lowest BCUT2D eigenvalue weighted by Crippen LogP contribution is -2.44. The first kappa shape index (κ1) is 46.5. The predicted octanol–water partition coefficient (Wildman–Crippen LogP) is 6.65. The summed E-state index contributed by atoms with van der Waals surface area (Å²) in [6, 6.07) is 7.67. The molecule has 0 radical (unpaired) electrons. The number of hydrogen-bond donors (Lipinski definition) is 4. The van der Waals surface area contributed by atoms with Crippen LogP contribution in [0.1, 0.15) is 119 Å². The molecule has 0 fully saturated rings. The molecule has 300 valence electrons. The molecular weight excluding hydrogens is 682 g/mol. The van der Waals surface area contributed by atoms with Gasteiger partial charge in [0, 0.05) is 38.8 Å². The number of alkyl carbamates (subject to hydrolysis) is 1. The zero-order valence-corrected chi connectivity index (χ0v) is 33.7. The van der Waals surface area contributed by atoms with E-state index in [1.54, 1.807) is 69.4 Å². The number of nitrogens with one attached hydrogen (secondary N) is 4. The number of ether oxygens (including phenoxy) is 4. The van der Waals surface area contributed by atoms with Crippen molar-refractivity contribution in [1.82, 2.24) is 26.2 Å². The van der Waals surface area contributed by atoms with E-state index < -0.39 is 35.1 Å². The second-order valence-electron chi connectivity index (χ2n) is 15.5. The van der Waals surface area contributed by atoms with E-state index in [1.807, 2.05) is 29.2 Å². The molecular formula is C38H65N7O8. The van der Waals surface area contributed by atoms with Gasteiger partial charge >= 0.3 is 18.3 Å². The molecule has 1 rings (SSSR count). The van der Waals surface area contributed by atoms with Crippen LogP contribution in [0.2, 0.25) is 0 Å². The molecule has 0 aliphatic rings. The summed E-state index contributed by atoms with van der Waals surface area (Å²) >= 11 is 0. The summed E-state index contributed by atoms with van der Waals surface area (Å²) in [6.07, 6.45) is 6.06. The van der Waals surface area contributed by atoms with E-state index in [0.29, 0.717) is 38.7 Å². The summed E-state index contributed by atoms with van der Waals surface area (Å²) in [4.78, 5) is 57.8. The second kappa shape index (κ2) is 23.9. The topological polar surface area (TPSA) is 181 Å². The molecule has 4 N–H and O–H groups in total. The van der Waals surface area contributed by atoms with Crippen LogP contribution in [0.4, 0.5) is 14.4 Å². The fraction of sp³-hybridized carbons (Fsp3) is 0.684. The van der Waals surface area contributed by atoms with E-state index in [2.05, 4.69) is 31.3 Å². The van der Waals surface area contributed by atoms with Gasteiger partial charge in [-0.25, -0.2) is 14.4 Å². The molecule has 0 atom stereocenters. The Kier molecular flexibility index (Phi) is 20.9. The van der Waals surface area contributed by atoms with E-state index in [-0.39, 0.29) is 5.96 Å². The Morgan fingerprint density at radius 1 is 0.698 bits per heavy atom. The van der Waals surface area contributed by atoms with Crippen molar-refractivity contribution in [3.05, 3.63) is 29.8 Å². The van der Waals surface area contributed by atoms with Crippen molar-refractivity contribution in [2.45, 2.75) is 137 Å². The zero-order chi connectivity index (χ0) is 39.9. The molecule has 15 heteroatoms. The van der Waals surface area contributed by atoms with E-state index >= 15 is 0 Å². The summed E-state index contributed by atoms with van der Waals surface area (Å²) < 4.78 is 21.8. The van der Waals surface area contributed by atoms with Gasteiger partial charge in [0.25, 0.3) is 0 Å². The average molecular weight is 748 g/mol. The lowest BCUT2D eigenvalue weighted by Gasteiger charge is -2.21. The molecule has 0 spiro atoms. The first-order valence-corrected chi connectivity index (χ1v) is 18.5. The Hall–Kier alpha value is -4.56. The van der Waals surface area contributed by atoms with Crippen molar-refractivity contribution >= 4 is 36.6 Å². The standard InChI is InChI=1S/C38H65N7O8/c1-36(2,3)51-33(47)42-31(39-10)41-27-29-21-15-16-22-30(29)50-26-20-19-25-45(28-46)24-18-14-12-11-13-17-23-40-32(43-34(48)52-37(4,5)6)44-35(49)53-38(7,8)9/h15-16,21-22,28H,11-14,17-20,23-27H2,1-10H3,(H2,39,41,42,47)(H2,40,43,44,48,49). The SMILES string of the molecule is CNC(=NC(=O)OC(C)(C)C)NCc1ccccc1OCCCCN(C=O)CCCCCCCCNC(=NC(=O)OC(C)(C)C)NC(=O)OC(C)(C)C. The molecule has 1 aromatic carbocycles. The van der Waals surface area contributed by atoms with E-state index in [9.17, 15) is 19.2 Å². The quantitative estimate of drug-likeness (QED) is 0.0415. The number of unbranched alkanes of at least 4 members (excludes halogenated alkanes) is 6. The Bertz CT molecular complexity index is 1330. The molecule has 4 amide bonds. The third kappa shape index (κ3) is 25.1. The highest BCUT2D eigenvalue weighted by Crippen LogP contribution is 2.18. The van der Waals surface area contributed by atoms with Crippen LogP contribution in [0.3, 0.4) is 0 Å². The van der Waals surface area contributed by atoms with E-state index in [4.69, 9.17) is 18.9 Å². The van der Waals surface area contributed by atoms with Crippen LogP contribution >= 0.6 is 0 Å². The number of nitrogens with zero attached hydrogens (tertiary/aromatic N) is 3. The van der Waals surface area contributed by atoms with Crippen molar-refractivity contribution in [2.75, 3.05) is 33.3 Å². The van der Waals surface area contributed by atoms with Gasteiger partial charge in [0.2, 0.25) is 18.3 Å². The minimum Gasteiger partial charge on any atom is -0.493 e. The van der Waals surface area contributed by atoms with Crippen molar-refractivity contribution in [1.29, 1.82) is 0 Å². The molecule has 0 saturated carbocycles. The van der Waals surface area contributed by atoms with Crippen molar-refractivity contribution in [3.63, 3.8) is 0 Å². The van der Waals surface area contributed by atoms with Gasteiger partial charge in [-0.3, -0.25) is 10.1 Å². The van der Waals surface area contributed by atoms with Crippen LogP contribution in [-0.2, 0) is 25.5 Å². The number of guanidine groups is 2. The van der Waals surface area contributed by atoms with Crippen molar-refractivity contribution in [3.8, 4) is 5.75 Å². The maximum Gasteiger partial charge on any atom is 0.437 e. The Labute approximate surface area is 316 Å². The summed E-state index contributed by atoms with van der Waals surface area (Å²) in [7, 11) is 1.67. The fourth-order valence-corrected chi connectivity index (χ4v) is 4.59. The van der Waals surface area contributed by atoms with Gasteiger partial charge < -0.3 is 39.8 Å². The Morgan fingerprint density at radius 2 is 1.23 bits per heavy atom. The first-order valence-electron chi connectivity index (χ1n) is 18.5. The summed E-state index contributed by atoms with van der Waals surface area (Å²) in [5, 5.41) is 11.5. The minimum atomic E-state index is -0.812. The maximum atomic E-state index is 12.2. The largest absolute Gasteiger partial charge is 0.493 e. The summed E-state index contributed by atoms with van der Waals surface area (Å²) in [6.45, 7) is 18.6. The number of amides is 4. The third-order valence-corrected chi connectivity index (χ3v) is 6.88. The van der Waals surface area contributed by atoms with Gasteiger partial charge in [0.05, 0.1) is 6.61 Å². The van der Waals surface area contributed by atoms with Crippen LogP contribution in [0.5, 0.6) is 5.75 Å². The second-order valence-corrected chi connectivity index (χ2v) is 15.5.